The van der Waals surface area contributed by atoms with E-state index in [1.54, 1.807) is 39.2 Å². The third kappa shape index (κ3) is 15.4. The van der Waals surface area contributed by atoms with Crippen molar-refractivity contribution in [1.82, 2.24) is 0 Å². The maximum Gasteiger partial charge on any atom is 0.303 e. The van der Waals surface area contributed by atoms with Crippen LogP contribution in [0.1, 0.15) is 76.3 Å². The molecule has 4 rings (SSSR count). The zero-order valence-electron chi connectivity index (χ0n) is 37.2. The van der Waals surface area contributed by atoms with Crippen molar-refractivity contribution >= 4 is 63.5 Å². The fraction of sp³-hybridized carbons (Fsp3) is 0.571. The van der Waals surface area contributed by atoms with Gasteiger partial charge in [-0.15, -0.1) is 0 Å². The molecule has 2 aliphatic rings. The summed E-state index contributed by atoms with van der Waals surface area (Å²) in [7, 11) is -16.9. The summed E-state index contributed by atoms with van der Waals surface area (Å²) in [5.41, 5.74) is 0.627. The van der Waals surface area contributed by atoms with E-state index in [1.165, 1.54) is 36.4 Å². The average Bonchev–Trinajstić information content (AvgIpc) is 3.57. The van der Waals surface area contributed by atoms with E-state index in [-0.39, 0.29) is 58.5 Å². The van der Waals surface area contributed by atoms with Gasteiger partial charge in [0.15, 0.2) is 5.71 Å². The van der Waals surface area contributed by atoms with Crippen LogP contribution in [-0.4, -0.2) is 151 Å². The van der Waals surface area contributed by atoms with Gasteiger partial charge in [-0.1, -0.05) is 6.08 Å². The first-order valence-electron chi connectivity index (χ1n) is 21.2. The number of hydrogen-bond donors (Lipinski definition) is 4. The summed E-state index contributed by atoms with van der Waals surface area (Å²) in [5.74, 6) is -2.18. The summed E-state index contributed by atoms with van der Waals surface area (Å²) >= 11 is 0. The Morgan fingerprint density at radius 3 is 1.85 bits per heavy atom. The molecule has 2 aliphatic heterocycles. The van der Waals surface area contributed by atoms with Crippen molar-refractivity contribution in [3.05, 3.63) is 71.5 Å². The molecule has 0 fully saturated rings. The van der Waals surface area contributed by atoms with E-state index in [1.807, 2.05) is 9.48 Å². The van der Waals surface area contributed by atoms with Gasteiger partial charge in [0, 0.05) is 61.0 Å². The number of aliphatic carboxylic acids is 1. The van der Waals surface area contributed by atoms with Gasteiger partial charge >= 0.3 is 5.97 Å². The average molecular weight is 1010 g/mol. The highest BCUT2D eigenvalue weighted by Crippen LogP contribution is 2.51. The lowest BCUT2D eigenvalue weighted by atomic mass is 9.75. The standard InChI is InChI=1S/C42H60N2O18S4/c1-41(17-8-28-63(47,48)49)34-30-32(65(53,54)55)13-15-36(34)43(19-6-4-5-12-40(45)46)38(41)10-7-11-39-42(2,18-9-29-64(50,51)52)35-31-33(66(56,57)58)14-16-37(35)44(39)20-21-60-24-25-62-27-26-61-23-22-59-3/h7,10-11,13-16,30-31H,4-6,8-9,12,17-29H2,1-3H3,(H4-,45,46,47,48,49,50,51,52,53,54,55,56,57,58). The highest BCUT2D eigenvalue weighted by molar-refractivity contribution is 7.86. The van der Waals surface area contributed by atoms with E-state index in [4.69, 9.17) is 18.9 Å². The fourth-order valence-electron chi connectivity index (χ4n) is 8.40. The van der Waals surface area contributed by atoms with Crippen LogP contribution >= 0.6 is 0 Å². The maximum atomic E-state index is 12.4. The first-order valence-corrected chi connectivity index (χ1v) is 27.3. The number of allylic oxidation sites excluding steroid dienone is 4. The molecule has 0 amide bonds. The first kappa shape index (κ1) is 54.9. The number of ether oxygens (including phenoxy) is 4. The van der Waals surface area contributed by atoms with Crippen molar-refractivity contribution in [2.75, 3.05) is 82.9 Å². The zero-order chi connectivity index (χ0) is 49.0. The molecule has 2 unspecified atom stereocenters. The van der Waals surface area contributed by atoms with Crippen LogP contribution in [0.15, 0.2) is 70.1 Å². The van der Waals surface area contributed by atoms with Gasteiger partial charge in [0.2, 0.25) is 5.69 Å². The second-order valence-corrected chi connectivity index (χ2v) is 22.3. The number of fused-ring (bicyclic) bond motifs is 2. The number of hydrogen-bond acceptors (Lipinski definition) is 15. The monoisotopic (exact) mass is 1010 g/mol. The number of carboxylic acid groups (broad SMARTS) is 1. The van der Waals surface area contributed by atoms with Crippen LogP contribution in [-0.2, 0) is 75.0 Å². The Bertz CT molecular complexity index is 2580. The molecule has 20 nitrogen and oxygen atoms in total. The maximum absolute atomic E-state index is 12.4. The minimum absolute atomic E-state index is 0.0513. The van der Waals surface area contributed by atoms with Crippen LogP contribution in [0, 0.1) is 0 Å². The first-order chi connectivity index (χ1) is 30.8. The molecule has 0 spiro atoms. The number of benzene rings is 2. The van der Waals surface area contributed by atoms with Crippen molar-refractivity contribution in [2.24, 2.45) is 0 Å². The van der Waals surface area contributed by atoms with Crippen LogP contribution in [0.5, 0.6) is 0 Å². The quantitative estimate of drug-likeness (QED) is 0.0487. The van der Waals surface area contributed by atoms with Crippen molar-refractivity contribution in [3.8, 4) is 0 Å². The number of carbonyl (C=O) groups is 1. The van der Waals surface area contributed by atoms with Crippen LogP contribution < -0.4 is 4.90 Å². The number of unbranched alkanes of at least 4 members (excludes halogenated alkanes) is 2. The largest absolute Gasteiger partial charge is 0.744 e. The van der Waals surface area contributed by atoms with Gasteiger partial charge in [-0.05, 0) is 94.3 Å². The van der Waals surface area contributed by atoms with Gasteiger partial charge in [-0.3, -0.25) is 18.5 Å². The lowest BCUT2D eigenvalue weighted by molar-refractivity contribution is -0.438. The SMILES string of the molecule is COCCOCCOCCOCCN1/C(=C/C=C/C2=[N+](CCCCCC(=O)O)c3ccc(S(=O)(=O)O)cc3C2(C)CCCS(=O)(=O)O)C(C)(CCCS(=O)(=O)O)c2cc(S(=O)(=O)[O-])ccc21. The molecular formula is C42H60N2O18S4. The summed E-state index contributed by atoms with van der Waals surface area (Å²) in [6.07, 6.45) is 6.41. The third-order valence-electron chi connectivity index (χ3n) is 11.6. The van der Waals surface area contributed by atoms with E-state index in [9.17, 15) is 61.8 Å². The van der Waals surface area contributed by atoms with E-state index < -0.39 is 78.6 Å². The summed E-state index contributed by atoms with van der Waals surface area (Å²) in [4.78, 5) is 12.2. The Hall–Kier alpha value is -3.66. The molecule has 0 radical (unpaired) electrons. The van der Waals surface area contributed by atoms with E-state index in [0.29, 0.717) is 86.1 Å². The second kappa shape index (κ2) is 23.6. The molecule has 2 aromatic carbocycles. The van der Waals surface area contributed by atoms with Crippen molar-refractivity contribution in [1.29, 1.82) is 0 Å². The molecular weight excluding hydrogens is 949 g/mol. The highest BCUT2D eigenvalue weighted by Gasteiger charge is 2.48. The van der Waals surface area contributed by atoms with E-state index in [0.717, 1.165) is 0 Å². The minimum Gasteiger partial charge on any atom is -0.744 e. The van der Waals surface area contributed by atoms with Gasteiger partial charge in [0.25, 0.3) is 30.4 Å². The predicted octanol–water partition coefficient (Wildman–Crippen LogP) is 4.09. The van der Waals surface area contributed by atoms with Gasteiger partial charge in [-0.2, -0.15) is 29.8 Å². The molecule has 370 valence electrons. The second-order valence-electron chi connectivity index (χ2n) is 16.4. The molecule has 0 bridgehead atoms. The number of carboxylic acids is 1. The number of methoxy groups -OCH3 is 1. The molecule has 2 heterocycles. The number of anilines is 1. The summed E-state index contributed by atoms with van der Waals surface area (Å²) < 4.78 is 162. The van der Waals surface area contributed by atoms with Crippen molar-refractivity contribution in [3.63, 3.8) is 0 Å². The van der Waals surface area contributed by atoms with Gasteiger partial charge in [0.05, 0.1) is 73.0 Å². The Balaban J connectivity index is 1.83. The summed E-state index contributed by atoms with van der Waals surface area (Å²) in [6.45, 7) is 6.14. The molecule has 0 aliphatic carbocycles. The Morgan fingerprint density at radius 1 is 0.727 bits per heavy atom. The summed E-state index contributed by atoms with van der Waals surface area (Å²) in [5, 5.41) is 9.20. The molecule has 0 saturated heterocycles. The highest BCUT2D eigenvalue weighted by atomic mass is 32.2. The molecule has 0 aromatic heterocycles. The summed E-state index contributed by atoms with van der Waals surface area (Å²) in [6, 6.07) is 7.95. The molecule has 0 saturated carbocycles. The minimum atomic E-state index is -4.95. The van der Waals surface area contributed by atoms with E-state index in [2.05, 4.69) is 0 Å². The number of rotatable bonds is 30. The van der Waals surface area contributed by atoms with Crippen LogP contribution in [0.2, 0.25) is 0 Å². The smallest absolute Gasteiger partial charge is 0.303 e. The number of nitrogens with zero attached hydrogens (tertiary/aromatic N) is 2. The molecule has 24 heteroatoms. The molecule has 2 atom stereocenters. The van der Waals surface area contributed by atoms with Gasteiger partial charge in [0.1, 0.15) is 16.7 Å². The Kier molecular flexibility index (Phi) is 19.6. The van der Waals surface area contributed by atoms with Gasteiger partial charge < -0.3 is 33.5 Å². The molecule has 2 aromatic rings. The molecule has 4 N–H and O–H groups in total. The van der Waals surface area contributed by atoms with Crippen LogP contribution in [0.25, 0.3) is 0 Å². The lowest BCUT2D eigenvalue weighted by Gasteiger charge is -2.30. The van der Waals surface area contributed by atoms with Crippen molar-refractivity contribution in [2.45, 2.75) is 85.8 Å². The topological polar surface area (TPSA) is 301 Å². The van der Waals surface area contributed by atoms with Gasteiger partial charge in [-0.25, -0.2) is 8.42 Å². The Labute approximate surface area is 387 Å². The van der Waals surface area contributed by atoms with E-state index >= 15 is 0 Å². The fourth-order valence-corrected chi connectivity index (χ4v) is 10.4. The normalized spacial score (nSPS) is 19.6. The van der Waals surface area contributed by atoms with Crippen LogP contribution in [0.3, 0.4) is 0 Å². The third-order valence-corrected chi connectivity index (χ3v) is 14.9. The predicted molar refractivity (Wildman–Crippen MR) is 241 cm³/mol. The van der Waals surface area contributed by atoms with Crippen molar-refractivity contribution < 1.29 is 85.3 Å². The zero-order valence-corrected chi connectivity index (χ0v) is 40.4. The van der Waals surface area contributed by atoms with Crippen LogP contribution in [0.4, 0.5) is 11.4 Å². The molecule has 66 heavy (non-hydrogen) atoms. The Morgan fingerprint density at radius 2 is 1.29 bits per heavy atom. The lowest BCUT2D eigenvalue weighted by Crippen LogP contribution is -2.32.